The van der Waals surface area contributed by atoms with Gasteiger partial charge in [-0.25, -0.2) is 4.79 Å². The van der Waals surface area contributed by atoms with Crippen LogP contribution in [0.2, 0.25) is 0 Å². The van der Waals surface area contributed by atoms with E-state index in [0.29, 0.717) is 11.3 Å². The fourth-order valence-electron chi connectivity index (χ4n) is 1.85. The van der Waals surface area contributed by atoms with Gasteiger partial charge >= 0.3 is 6.09 Å². The molecule has 1 amide bonds. The van der Waals surface area contributed by atoms with E-state index in [-0.39, 0.29) is 5.56 Å². The number of aromatic nitrogens is 1. The second kappa shape index (κ2) is 5.83. The first-order valence-electron chi connectivity index (χ1n) is 6.63. The number of hydrogen-bond acceptors (Lipinski definition) is 3. The van der Waals surface area contributed by atoms with Gasteiger partial charge in [-0.2, -0.15) is 0 Å². The van der Waals surface area contributed by atoms with Gasteiger partial charge < -0.3 is 9.72 Å². The summed E-state index contributed by atoms with van der Waals surface area (Å²) in [6.07, 6.45) is 0.904. The monoisotopic (exact) mass is 286 g/mol. The number of amides is 1. The Morgan fingerprint density at radius 2 is 1.86 bits per heavy atom. The maximum absolute atomic E-state index is 11.9. The number of pyridine rings is 1. The van der Waals surface area contributed by atoms with E-state index in [1.165, 1.54) is 12.3 Å². The summed E-state index contributed by atoms with van der Waals surface area (Å²) in [6.45, 7) is 5.37. The first-order valence-corrected chi connectivity index (χ1v) is 6.63. The molecule has 2 N–H and O–H groups in total. The number of H-pyrrole nitrogens is 1. The maximum atomic E-state index is 11.9. The smallest absolute Gasteiger partial charge is 0.412 e. The van der Waals surface area contributed by atoms with Gasteiger partial charge in [0, 0.05) is 17.8 Å². The molecule has 5 heteroatoms. The average molecular weight is 286 g/mol. The maximum Gasteiger partial charge on any atom is 0.412 e. The van der Waals surface area contributed by atoms with Gasteiger partial charge in [0.05, 0.1) is 5.69 Å². The van der Waals surface area contributed by atoms with Crippen molar-refractivity contribution in [2.75, 3.05) is 5.32 Å². The summed E-state index contributed by atoms with van der Waals surface area (Å²) in [6, 6.07) is 10.8. The molecule has 0 unspecified atom stereocenters. The van der Waals surface area contributed by atoms with Crippen LogP contribution < -0.4 is 10.9 Å². The average Bonchev–Trinajstić information content (AvgIpc) is 2.40. The first-order chi connectivity index (χ1) is 9.85. The third-order valence-electron chi connectivity index (χ3n) is 2.64. The van der Waals surface area contributed by atoms with Gasteiger partial charge in [-0.15, -0.1) is 0 Å². The molecule has 0 aliphatic carbocycles. The molecule has 1 heterocycles. The Labute approximate surface area is 123 Å². The largest absolute Gasteiger partial charge is 0.444 e. The van der Waals surface area contributed by atoms with Crippen LogP contribution in [0.3, 0.4) is 0 Å². The van der Waals surface area contributed by atoms with Crippen LogP contribution in [0.5, 0.6) is 0 Å². The second-order valence-electron chi connectivity index (χ2n) is 5.62. The first kappa shape index (κ1) is 14.8. The normalized spacial score (nSPS) is 11.0. The molecule has 0 saturated carbocycles. The zero-order chi connectivity index (χ0) is 15.5. The number of aromatic amines is 1. The van der Waals surface area contributed by atoms with Gasteiger partial charge in [-0.1, -0.05) is 30.3 Å². The highest BCUT2D eigenvalue weighted by atomic mass is 16.6. The molecule has 2 rings (SSSR count). The molecule has 0 aliphatic heterocycles. The van der Waals surface area contributed by atoms with Crippen LogP contribution in [-0.2, 0) is 4.74 Å². The Bertz CT molecular complexity index is 685. The van der Waals surface area contributed by atoms with Crippen LogP contribution in [-0.4, -0.2) is 16.7 Å². The zero-order valence-corrected chi connectivity index (χ0v) is 12.3. The summed E-state index contributed by atoms with van der Waals surface area (Å²) in [4.78, 5) is 26.0. The summed E-state index contributed by atoms with van der Waals surface area (Å²) in [5.41, 5.74) is 1.16. The molecule has 110 valence electrons. The minimum absolute atomic E-state index is 0.233. The third-order valence-corrected chi connectivity index (χ3v) is 2.64. The number of hydrogen-bond donors (Lipinski definition) is 2. The van der Waals surface area contributed by atoms with Gasteiger partial charge in [0.25, 0.3) is 0 Å². The van der Waals surface area contributed by atoms with E-state index in [4.69, 9.17) is 4.74 Å². The summed E-state index contributed by atoms with van der Waals surface area (Å²) in [7, 11) is 0. The lowest BCUT2D eigenvalue weighted by Crippen LogP contribution is -2.27. The minimum atomic E-state index is -0.584. The lowest BCUT2D eigenvalue weighted by Gasteiger charge is -2.20. The van der Waals surface area contributed by atoms with Crippen LogP contribution in [0.25, 0.3) is 11.1 Å². The Hall–Kier alpha value is -2.56. The van der Waals surface area contributed by atoms with Gasteiger partial charge in [0.2, 0.25) is 5.56 Å². The highest BCUT2D eigenvalue weighted by molar-refractivity contribution is 5.91. The predicted octanol–water partition coefficient (Wildman–Crippen LogP) is 3.39. The standard InChI is InChI=1S/C16H18N2O3/c1-16(2,3)21-15(20)18-13-10-17-14(19)9-12(13)11-7-5-4-6-8-11/h4-10H,1-3H3,(H,17,19)(H,18,20). The number of carbonyl (C=O) groups excluding carboxylic acids is 1. The minimum Gasteiger partial charge on any atom is -0.444 e. The zero-order valence-electron chi connectivity index (χ0n) is 12.3. The Morgan fingerprint density at radius 1 is 1.19 bits per heavy atom. The van der Waals surface area contributed by atoms with Crippen molar-refractivity contribution >= 4 is 11.8 Å². The Balaban J connectivity index is 2.32. The molecule has 0 radical (unpaired) electrons. The molecule has 0 bridgehead atoms. The van der Waals surface area contributed by atoms with Crippen LogP contribution in [0.15, 0.2) is 47.4 Å². The van der Waals surface area contributed by atoms with Crippen molar-refractivity contribution in [2.24, 2.45) is 0 Å². The lowest BCUT2D eigenvalue weighted by molar-refractivity contribution is 0.0636. The molecular weight excluding hydrogens is 268 g/mol. The van der Waals surface area contributed by atoms with Crippen LogP contribution in [0.4, 0.5) is 10.5 Å². The molecule has 1 aromatic carbocycles. The summed E-state index contributed by atoms with van der Waals surface area (Å²) in [5.74, 6) is 0. The SMILES string of the molecule is CC(C)(C)OC(=O)Nc1c[nH]c(=O)cc1-c1ccccc1. The molecule has 21 heavy (non-hydrogen) atoms. The fraction of sp³-hybridized carbons (Fsp3) is 0.250. The highest BCUT2D eigenvalue weighted by Gasteiger charge is 2.17. The molecular formula is C16H18N2O3. The van der Waals surface area contributed by atoms with E-state index in [1.54, 1.807) is 20.8 Å². The molecule has 0 saturated heterocycles. The fourth-order valence-corrected chi connectivity index (χ4v) is 1.85. The predicted molar refractivity (Wildman–Crippen MR) is 82.4 cm³/mol. The van der Waals surface area contributed by atoms with Crippen molar-refractivity contribution < 1.29 is 9.53 Å². The summed E-state index contributed by atoms with van der Waals surface area (Å²) in [5, 5.41) is 2.66. The summed E-state index contributed by atoms with van der Waals surface area (Å²) >= 11 is 0. The quantitative estimate of drug-likeness (QED) is 0.889. The molecule has 1 aromatic heterocycles. The van der Waals surface area contributed by atoms with Gasteiger partial charge in [-0.05, 0) is 26.3 Å². The summed E-state index contributed by atoms with van der Waals surface area (Å²) < 4.78 is 5.22. The molecule has 5 nitrogen and oxygen atoms in total. The number of rotatable bonds is 2. The van der Waals surface area contributed by atoms with Crippen molar-refractivity contribution in [1.29, 1.82) is 0 Å². The van der Waals surface area contributed by atoms with Crippen molar-refractivity contribution in [3.8, 4) is 11.1 Å². The number of anilines is 1. The molecule has 0 fully saturated rings. The van der Waals surface area contributed by atoms with Crippen LogP contribution in [0.1, 0.15) is 20.8 Å². The van der Waals surface area contributed by atoms with Gasteiger partial charge in [0.1, 0.15) is 5.60 Å². The molecule has 2 aromatic rings. The molecule has 0 aliphatic rings. The van der Waals surface area contributed by atoms with E-state index < -0.39 is 11.7 Å². The Kier molecular flexibility index (Phi) is 4.12. The lowest BCUT2D eigenvalue weighted by atomic mass is 10.1. The van der Waals surface area contributed by atoms with Crippen molar-refractivity contribution in [3.63, 3.8) is 0 Å². The van der Waals surface area contributed by atoms with E-state index in [9.17, 15) is 9.59 Å². The van der Waals surface area contributed by atoms with Crippen molar-refractivity contribution in [3.05, 3.63) is 52.9 Å². The van der Waals surface area contributed by atoms with E-state index >= 15 is 0 Å². The van der Waals surface area contributed by atoms with Crippen LogP contribution in [0, 0.1) is 0 Å². The topological polar surface area (TPSA) is 71.2 Å². The van der Waals surface area contributed by atoms with Crippen LogP contribution >= 0.6 is 0 Å². The number of carbonyl (C=O) groups is 1. The number of nitrogens with one attached hydrogen (secondary N) is 2. The van der Waals surface area contributed by atoms with E-state index in [0.717, 1.165) is 5.56 Å². The van der Waals surface area contributed by atoms with E-state index in [1.807, 2.05) is 30.3 Å². The molecule has 0 atom stereocenters. The highest BCUT2D eigenvalue weighted by Crippen LogP contribution is 2.26. The molecule has 0 spiro atoms. The van der Waals surface area contributed by atoms with Gasteiger partial charge in [0.15, 0.2) is 0 Å². The van der Waals surface area contributed by atoms with Gasteiger partial charge in [-0.3, -0.25) is 10.1 Å². The van der Waals surface area contributed by atoms with Crippen molar-refractivity contribution in [2.45, 2.75) is 26.4 Å². The van der Waals surface area contributed by atoms with Crippen molar-refractivity contribution in [1.82, 2.24) is 4.98 Å². The third kappa shape index (κ3) is 4.21. The second-order valence-corrected chi connectivity index (χ2v) is 5.62. The number of benzene rings is 1. The number of ether oxygens (including phenoxy) is 1. The Morgan fingerprint density at radius 3 is 2.48 bits per heavy atom. The van der Waals surface area contributed by atoms with E-state index in [2.05, 4.69) is 10.3 Å².